The second kappa shape index (κ2) is 11.3. The number of nitrogens with zero attached hydrogens (tertiary/aromatic N) is 2. The minimum Gasteiger partial charge on any atom is -0.471 e. The normalized spacial score (nSPS) is 23.4. The molecule has 2 heterocycles. The fourth-order valence-corrected chi connectivity index (χ4v) is 6.81. The number of anilines is 1. The zero-order chi connectivity index (χ0) is 31.2. The molecule has 2 aromatic carbocycles. The molecule has 8 nitrogen and oxygen atoms in total. The molecular weight excluding hydrogens is 560 g/mol. The van der Waals surface area contributed by atoms with E-state index in [0.29, 0.717) is 18.5 Å². The van der Waals surface area contributed by atoms with Gasteiger partial charge in [0.25, 0.3) is 15.9 Å². The smallest absolute Gasteiger partial charge is 0.264 e. The lowest BCUT2D eigenvalue weighted by Gasteiger charge is -2.41. The summed E-state index contributed by atoms with van der Waals surface area (Å²) in [5.74, 6) is -0.264. The molecular formula is C34H40N4O4S. The zero-order valence-corrected chi connectivity index (χ0v) is 26.7. The summed E-state index contributed by atoms with van der Waals surface area (Å²) in [7, 11) is -4.12. The average molecular weight is 601 g/mol. The first-order chi connectivity index (χ1) is 20.2. The van der Waals surface area contributed by atoms with Gasteiger partial charge in [0.15, 0.2) is 0 Å². The van der Waals surface area contributed by atoms with Gasteiger partial charge >= 0.3 is 0 Å². The molecule has 1 aliphatic heterocycles. The first kappa shape index (κ1) is 30.5. The van der Waals surface area contributed by atoms with Gasteiger partial charge in [-0.2, -0.15) is 4.98 Å². The SMILES string of the molecule is CC[C@H]1NC(=O)c2cccc(c2)S(=O)(=O)Nc2nc(cc(-c3c(C)cccc3C)n2)O[C@H]1C1(C)C=CC(C(C)(C)C)=CC1. The molecule has 1 aromatic heterocycles. The van der Waals surface area contributed by atoms with Gasteiger partial charge in [-0.1, -0.05) is 77.1 Å². The first-order valence-corrected chi connectivity index (χ1v) is 16.1. The standard InChI is InChI=1S/C34H40N4O4S/c1-8-26-30(34(7)17-15-24(16-18-34)33(4,5)6)42-28-20-27(29-21(2)11-9-12-22(29)3)36-32(37-28)38-43(40,41)25-14-10-13-23(19-25)31(39)35-26/h9-17,19-20,26,30H,8,18H2,1-7H3,(H,35,39)(H,36,37,38)/t26-,30-,34?/m1/s1. The third kappa shape index (κ3) is 6.22. The van der Waals surface area contributed by atoms with Crippen LogP contribution in [0, 0.1) is 24.7 Å². The number of benzene rings is 2. The van der Waals surface area contributed by atoms with Crippen LogP contribution in [0.2, 0.25) is 0 Å². The minimum atomic E-state index is -4.12. The number of aryl methyl sites for hydroxylation is 2. The number of fused-ring (bicyclic) bond motifs is 4. The second-order valence-electron chi connectivity index (χ2n) is 12.8. The Labute approximate surface area is 254 Å². The van der Waals surface area contributed by atoms with Crippen LogP contribution in [-0.2, 0) is 10.0 Å². The maximum atomic E-state index is 13.5. The summed E-state index contributed by atoms with van der Waals surface area (Å²) in [5.41, 5.74) is 4.35. The van der Waals surface area contributed by atoms with Crippen LogP contribution in [0.3, 0.4) is 0 Å². The van der Waals surface area contributed by atoms with Crippen molar-refractivity contribution in [2.24, 2.45) is 10.8 Å². The fraction of sp³-hybridized carbons (Fsp3) is 0.382. The van der Waals surface area contributed by atoms with E-state index in [9.17, 15) is 13.2 Å². The summed E-state index contributed by atoms with van der Waals surface area (Å²) in [5, 5.41) is 3.15. The van der Waals surface area contributed by atoms with Gasteiger partial charge in [-0.05, 0) is 67.0 Å². The summed E-state index contributed by atoms with van der Waals surface area (Å²) < 4.78 is 36.3. The molecule has 0 saturated carbocycles. The van der Waals surface area contributed by atoms with Gasteiger partial charge in [0.05, 0.1) is 16.6 Å². The molecule has 1 aliphatic carbocycles. The molecule has 0 radical (unpaired) electrons. The van der Waals surface area contributed by atoms with Crippen LogP contribution in [0.4, 0.5) is 5.95 Å². The number of sulfonamides is 1. The number of hydrogen-bond donors (Lipinski definition) is 2. The number of nitrogens with one attached hydrogen (secondary N) is 2. The van der Waals surface area contributed by atoms with Crippen molar-refractivity contribution in [1.29, 1.82) is 0 Å². The van der Waals surface area contributed by atoms with Crippen molar-refractivity contribution in [2.75, 3.05) is 4.72 Å². The average Bonchev–Trinajstić information content (AvgIpc) is 2.94. The molecule has 0 fully saturated rings. The van der Waals surface area contributed by atoms with Crippen LogP contribution in [0.15, 0.2) is 77.2 Å². The fourth-order valence-electron chi connectivity index (χ4n) is 5.82. The lowest BCUT2D eigenvalue weighted by molar-refractivity contribution is 0.0482. The molecule has 0 saturated heterocycles. The molecule has 3 aromatic rings. The molecule has 3 atom stereocenters. The van der Waals surface area contributed by atoms with Crippen molar-refractivity contribution in [3.05, 3.63) is 89.0 Å². The molecule has 9 heteroatoms. The third-order valence-corrected chi connectivity index (χ3v) is 9.69. The number of ether oxygens (including phenoxy) is 1. The van der Waals surface area contributed by atoms with Crippen molar-refractivity contribution in [3.8, 4) is 17.1 Å². The molecule has 1 amide bonds. The van der Waals surface area contributed by atoms with Gasteiger partial charge in [0, 0.05) is 22.6 Å². The summed E-state index contributed by atoms with van der Waals surface area (Å²) >= 11 is 0. The highest BCUT2D eigenvalue weighted by molar-refractivity contribution is 7.92. The van der Waals surface area contributed by atoms with E-state index in [1.807, 2.05) is 39.0 Å². The Morgan fingerprint density at radius 1 is 1.05 bits per heavy atom. The number of aromatic nitrogens is 2. The first-order valence-electron chi connectivity index (χ1n) is 14.7. The molecule has 43 heavy (non-hydrogen) atoms. The molecule has 5 rings (SSSR count). The van der Waals surface area contributed by atoms with E-state index in [-0.39, 0.29) is 33.6 Å². The van der Waals surface area contributed by atoms with Gasteiger partial charge < -0.3 is 10.1 Å². The maximum absolute atomic E-state index is 13.5. The number of allylic oxidation sites excluding steroid dienone is 3. The van der Waals surface area contributed by atoms with Crippen LogP contribution in [0.25, 0.3) is 11.3 Å². The van der Waals surface area contributed by atoms with E-state index in [2.05, 4.69) is 65.9 Å². The summed E-state index contributed by atoms with van der Waals surface area (Å²) in [6.07, 6.45) is 7.29. The van der Waals surface area contributed by atoms with E-state index in [1.165, 1.54) is 17.7 Å². The van der Waals surface area contributed by atoms with Gasteiger partial charge in [-0.3, -0.25) is 4.79 Å². The van der Waals surface area contributed by atoms with Gasteiger partial charge in [-0.15, -0.1) is 0 Å². The Morgan fingerprint density at radius 3 is 2.37 bits per heavy atom. The lowest BCUT2D eigenvalue weighted by Crippen LogP contribution is -2.53. The predicted octanol–water partition coefficient (Wildman–Crippen LogP) is 6.77. The second-order valence-corrected chi connectivity index (χ2v) is 14.5. The van der Waals surface area contributed by atoms with Crippen LogP contribution >= 0.6 is 0 Å². The van der Waals surface area contributed by atoms with E-state index < -0.39 is 27.6 Å². The van der Waals surface area contributed by atoms with E-state index >= 15 is 0 Å². The molecule has 1 unspecified atom stereocenters. The van der Waals surface area contributed by atoms with Crippen LogP contribution in [0.5, 0.6) is 5.88 Å². The summed E-state index contributed by atoms with van der Waals surface area (Å²) in [4.78, 5) is 22.7. The van der Waals surface area contributed by atoms with Crippen molar-refractivity contribution >= 4 is 21.9 Å². The Balaban J connectivity index is 1.70. The Bertz CT molecular complexity index is 1720. The molecule has 4 bridgehead atoms. The lowest BCUT2D eigenvalue weighted by atomic mass is 9.71. The minimum absolute atomic E-state index is 0.00809. The Morgan fingerprint density at radius 2 is 1.74 bits per heavy atom. The van der Waals surface area contributed by atoms with Crippen molar-refractivity contribution in [3.63, 3.8) is 0 Å². The summed E-state index contributed by atoms with van der Waals surface area (Å²) in [6, 6.07) is 13.3. The number of carbonyl (C=O) groups excluding carboxylic acids is 1. The highest BCUT2D eigenvalue weighted by atomic mass is 32.2. The van der Waals surface area contributed by atoms with Crippen molar-refractivity contribution in [2.45, 2.75) is 78.3 Å². The van der Waals surface area contributed by atoms with E-state index in [0.717, 1.165) is 16.7 Å². The monoisotopic (exact) mass is 600 g/mol. The van der Waals surface area contributed by atoms with Gasteiger partial charge in [0.1, 0.15) is 6.10 Å². The highest BCUT2D eigenvalue weighted by Gasteiger charge is 2.41. The number of carbonyl (C=O) groups is 1. The molecule has 2 aliphatic rings. The number of rotatable bonds is 3. The van der Waals surface area contributed by atoms with Crippen LogP contribution in [0.1, 0.15) is 68.9 Å². The topological polar surface area (TPSA) is 110 Å². The van der Waals surface area contributed by atoms with E-state index in [4.69, 9.17) is 4.74 Å². The summed E-state index contributed by atoms with van der Waals surface area (Å²) in [6.45, 7) is 14.6. The van der Waals surface area contributed by atoms with Gasteiger partial charge in [-0.25, -0.2) is 18.1 Å². The quantitative estimate of drug-likeness (QED) is 0.343. The number of amides is 1. The molecule has 0 spiro atoms. The third-order valence-electron chi connectivity index (χ3n) is 8.36. The predicted molar refractivity (Wildman–Crippen MR) is 170 cm³/mol. The van der Waals surface area contributed by atoms with Crippen molar-refractivity contribution in [1.82, 2.24) is 15.3 Å². The maximum Gasteiger partial charge on any atom is 0.264 e. The van der Waals surface area contributed by atoms with Gasteiger partial charge in [0.2, 0.25) is 11.8 Å². The number of hydrogen-bond acceptors (Lipinski definition) is 6. The van der Waals surface area contributed by atoms with Crippen LogP contribution < -0.4 is 14.8 Å². The molecule has 226 valence electrons. The van der Waals surface area contributed by atoms with E-state index in [1.54, 1.807) is 18.2 Å². The Hall–Kier alpha value is -3.98. The van der Waals surface area contributed by atoms with Crippen LogP contribution in [-0.4, -0.2) is 36.4 Å². The largest absolute Gasteiger partial charge is 0.471 e. The highest BCUT2D eigenvalue weighted by Crippen LogP contribution is 2.41. The molecule has 2 N–H and O–H groups in total. The van der Waals surface area contributed by atoms with Crippen molar-refractivity contribution < 1.29 is 17.9 Å². The zero-order valence-electron chi connectivity index (χ0n) is 25.9. The Kier molecular flexibility index (Phi) is 7.98.